The number of aromatic hydroxyl groups is 1. The van der Waals surface area contributed by atoms with Crippen LogP contribution >= 0.6 is 15.9 Å². The van der Waals surface area contributed by atoms with Crippen LogP contribution in [0.2, 0.25) is 0 Å². The van der Waals surface area contributed by atoms with Gasteiger partial charge < -0.3 is 10.2 Å². The fourth-order valence-corrected chi connectivity index (χ4v) is 1.62. The SMILES string of the molecule is C#Cc1cc(O)c(CC(=O)O)c(Br)c1. The van der Waals surface area contributed by atoms with Gasteiger partial charge in [-0.2, -0.15) is 0 Å². The van der Waals surface area contributed by atoms with Crippen molar-refractivity contribution in [1.82, 2.24) is 0 Å². The number of carbonyl (C=O) groups is 1. The van der Waals surface area contributed by atoms with Crippen LogP contribution in [-0.2, 0) is 11.2 Å². The van der Waals surface area contributed by atoms with E-state index in [1.54, 1.807) is 6.07 Å². The van der Waals surface area contributed by atoms with Gasteiger partial charge in [0.2, 0.25) is 0 Å². The van der Waals surface area contributed by atoms with E-state index in [2.05, 4.69) is 21.9 Å². The average molecular weight is 255 g/mol. The summed E-state index contributed by atoms with van der Waals surface area (Å²) in [5.41, 5.74) is 0.833. The predicted molar refractivity (Wildman–Crippen MR) is 55.1 cm³/mol. The van der Waals surface area contributed by atoms with Crippen molar-refractivity contribution in [2.75, 3.05) is 0 Å². The molecule has 1 aromatic carbocycles. The van der Waals surface area contributed by atoms with Crippen LogP contribution in [0.4, 0.5) is 0 Å². The van der Waals surface area contributed by atoms with Crippen LogP contribution in [0, 0.1) is 12.3 Å². The van der Waals surface area contributed by atoms with E-state index in [-0.39, 0.29) is 12.2 Å². The molecule has 0 saturated heterocycles. The van der Waals surface area contributed by atoms with E-state index in [4.69, 9.17) is 11.5 Å². The minimum Gasteiger partial charge on any atom is -0.508 e. The standard InChI is InChI=1S/C10H7BrO3/c1-2-6-3-8(11)7(5-10(13)14)9(12)4-6/h1,3-4,12H,5H2,(H,13,14). The molecule has 0 heterocycles. The molecule has 0 aliphatic rings. The molecular weight excluding hydrogens is 248 g/mol. The van der Waals surface area contributed by atoms with Gasteiger partial charge in [-0.1, -0.05) is 21.9 Å². The number of benzene rings is 1. The minimum atomic E-state index is -1.01. The fourth-order valence-electron chi connectivity index (χ4n) is 1.03. The van der Waals surface area contributed by atoms with Gasteiger partial charge in [-0.3, -0.25) is 4.79 Å². The van der Waals surface area contributed by atoms with Crippen molar-refractivity contribution in [3.63, 3.8) is 0 Å². The van der Waals surface area contributed by atoms with E-state index in [1.807, 2.05) is 0 Å². The predicted octanol–water partition coefficient (Wildman–Crippen LogP) is 1.76. The zero-order valence-electron chi connectivity index (χ0n) is 7.12. The largest absolute Gasteiger partial charge is 0.508 e. The van der Waals surface area contributed by atoms with Crippen LogP contribution in [0.15, 0.2) is 16.6 Å². The third-order valence-electron chi connectivity index (χ3n) is 1.67. The van der Waals surface area contributed by atoms with Crippen LogP contribution in [0.25, 0.3) is 0 Å². The second kappa shape index (κ2) is 4.16. The van der Waals surface area contributed by atoms with Gasteiger partial charge in [0.15, 0.2) is 0 Å². The number of carboxylic acid groups (broad SMARTS) is 1. The van der Waals surface area contributed by atoms with E-state index in [0.717, 1.165) is 0 Å². The molecule has 14 heavy (non-hydrogen) atoms. The summed E-state index contributed by atoms with van der Waals surface area (Å²) in [6.07, 6.45) is 4.90. The van der Waals surface area contributed by atoms with Gasteiger partial charge in [-0.15, -0.1) is 6.42 Å². The van der Waals surface area contributed by atoms with E-state index in [9.17, 15) is 9.90 Å². The highest BCUT2D eigenvalue weighted by atomic mass is 79.9. The second-order valence-electron chi connectivity index (χ2n) is 2.67. The third kappa shape index (κ3) is 2.27. The van der Waals surface area contributed by atoms with Crippen molar-refractivity contribution in [1.29, 1.82) is 0 Å². The van der Waals surface area contributed by atoms with Gasteiger partial charge in [-0.05, 0) is 12.1 Å². The van der Waals surface area contributed by atoms with E-state index < -0.39 is 5.97 Å². The quantitative estimate of drug-likeness (QED) is 0.791. The summed E-state index contributed by atoms with van der Waals surface area (Å²) in [6.45, 7) is 0. The molecule has 0 aromatic heterocycles. The lowest BCUT2D eigenvalue weighted by molar-refractivity contribution is -0.136. The molecule has 4 heteroatoms. The number of hydrogen-bond acceptors (Lipinski definition) is 2. The molecule has 0 spiro atoms. The van der Waals surface area contributed by atoms with E-state index >= 15 is 0 Å². The third-order valence-corrected chi connectivity index (χ3v) is 2.37. The molecule has 0 bridgehead atoms. The van der Waals surface area contributed by atoms with Gasteiger partial charge >= 0.3 is 5.97 Å². The maximum Gasteiger partial charge on any atom is 0.308 e. The van der Waals surface area contributed by atoms with Crippen molar-refractivity contribution in [3.05, 3.63) is 27.7 Å². The fraction of sp³-hybridized carbons (Fsp3) is 0.100. The normalized spacial score (nSPS) is 9.43. The summed E-state index contributed by atoms with van der Waals surface area (Å²) in [5.74, 6) is 1.24. The number of phenolic OH excluding ortho intramolecular Hbond substituents is 1. The Balaban J connectivity index is 3.19. The molecular formula is C10H7BrO3. The Morgan fingerprint density at radius 1 is 1.57 bits per heavy atom. The van der Waals surface area contributed by atoms with Gasteiger partial charge in [0.1, 0.15) is 5.75 Å². The molecule has 0 fully saturated rings. The summed E-state index contributed by atoms with van der Waals surface area (Å²) < 4.78 is 0.507. The highest BCUT2D eigenvalue weighted by Crippen LogP contribution is 2.28. The Bertz CT molecular complexity index is 395. The number of aliphatic carboxylic acids is 1. The first-order valence-corrected chi connectivity index (χ1v) is 4.53. The monoisotopic (exact) mass is 254 g/mol. The van der Waals surface area contributed by atoms with Crippen LogP contribution in [0.1, 0.15) is 11.1 Å². The van der Waals surface area contributed by atoms with Crippen molar-refractivity contribution < 1.29 is 15.0 Å². The first-order chi connectivity index (χ1) is 6.54. The van der Waals surface area contributed by atoms with Crippen LogP contribution in [0.3, 0.4) is 0 Å². The highest BCUT2D eigenvalue weighted by Gasteiger charge is 2.11. The molecule has 0 radical (unpaired) electrons. The molecule has 2 N–H and O–H groups in total. The van der Waals surface area contributed by atoms with E-state index in [1.165, 1.54) is 6.07 Å². The first-order valence-electron chi connectivity index (χ1n) is 3.74. The minimum absolute atomic E-state index is 0.102. The molecule has 72 valence electrons. The molecule has 1 rings (SSSR count). The molecule has 1 aromatic rings. The Morgan fingerprint density at radius 3 is 2.64 bits per heavy atom. The molecule has 0 atom stereocenters. The Labute approximate surface area is 89.5 Å². The Kier molecular flexibility index (Phi) is 3.15. The summed E-state index contributed by atoms with van der Waals surface area (Å²) >= 11 is 3.15. The lowest BCUT2D eigenvalue weighted by atomic mass is 10.1. The number of halogens is 1. The van der Waals surface area contributed by atoms with Crippen LogP contribution in [0.5, 0.6) is 5.75 Å². The Hall–Kier alpha value is -1.47. The summed E-state index contributed by atoms with van der Waals surface area (Å²) in [7, 11) is 0. The zero-order chi connectivity index (χ0) is 10.7. The highest BCUT2D eigenvalue weighted by molar-refractivity contribution is 9.10. The average Bonchev–Trinajstić information content (AvgIpc) is 2.10. The lowest BCUT2D eigenvalue weighted by Crippen LogP contribution is -2.01. The number of rotatable bonds is 2. The van der Waals surface area contributed by atoms with E-state index in [0.29, 0.717) is 15.6 Å². The van der Waals surface area contributed by atoms with Crippen molar-refractivity contribution in [3.8, 4) is 18.1 Å². The van der Waals surface area contributed by atoms with Crippen LogP contribution < -0.4 is 0 Å². The van der Waals surface area contributed by atoms with Gasteiger partial charge in [-0.25, -0.2) is 0 Å². The molecule has 0 aliphatic heterocycles. The smallest absolute Gasteiger partial charge is 0.308 e. The Morgan fingerprint density at radius 2 is 2.21 bits per heavy atom. The number of phenols is 1. The summed E-state index contributed by atoms with van der Waals surface area (Å²) in [6, 6.07) is 2.96. The maximum atomic E-state index is 10.5. The number of hydrogen-bond donors (Lipinski definition) is 2. The topological polar surface area (TPSA) is 57.5 Å². The lowest BCUT2D eigenvalue weighted by Gasteiger charge is -2.05. The molecule has 3 nitrogen and oxygen atoms in total. The van der Waals surface area contributed by atoms with Crippen molar-refractivity contribution in [2.45, 2.75) is 6.42 Å². The van der Waals surface area contributed by atoms with Gasteiger partial charge in [0, 0.05) is 15.6 Å². The molecule has 0 saturated carbocycles. The van der Waals surface area contributed by atoms with Crippen molar-refractivity contribution >= 4 is 21.9 Å². The summed E-state index contributed by atoms with van der Waals surface area (Å²) in [5, 5.41) is 18.0. The van der Waals surface area contributed by atoms with Crippen molar-refractivity contribution in [2.24, 2.45) is 0 Å². The van der Waals surface area contributed by atoms with Gasteiger partial charge in [0.25, 0.3) is 0 Å². The maximum absolute atomic E-state index is 10.5. The first kappa shape index (κ1) is 10.6. The molecule has 0 unspecified atom stereocenters. The van der Waals surface area contributed by atoms with Gasteiger partial charge in [0.05, 0.1) is 6.42 Å². The number of carboxylic acids is 1. The molecule has 0 amide bonds. The number of terminal acetylenes is 1. The van der Waals surface area contributed by atoms with Crippen LogP contribution in [-0.4, -0.2) is 16.2 Å². The zero-order valence-corrected chi connectivity index (χ0v) is 8.71. The summed E-state index contributed by atoms with van der Waals surface area (Å²) in [4.78, 5) is 10.5. The molecule has 0 aliphatic carbocycles. The second-order valence-corrected chi connectivity index (χ2v) is 3.52.